The summed E-state index contributed by atoms with van der Waals surface area (Å²) >= 11 is 0. The molecule has 2 rings (SSSR count). The molecule has 0 bridgehead atoms. The van der Waals surface area contributed by atoms with Gasteiger partial charge in [-0.2, -0.15) is 10.1 Å². The van der Waals surface area contributed by atoms with Crippen molar-refractivity contribution >= 4 is 0 Å². The Hall–Kier alpha value is -1.06. The zero-order chi connectivity index (χ0) is 7.68. The van der Waals surface area contributed by atoms with Gasteiger partial charge in [0.2, 0.25) is 5.89 Å². The average Bonchev–Trinajstić information content (AvgIpc) is 2.55. The van der Waals surface area contributed by atoms with Crippen LogP contribution < -0.4 is 5.69 Å². The van der Waals surface area contributed by atoms with E-state index in [-0.39, 0.29) is 5.69 Å². The molecule has 0 aliphatic heterocycles. The third kappa shape index (κ3) is 1.20. The molecule has 0 spiro atoms. The molecule has 1 N–H and O–H groups in total. The number of hydrogen-bond acceptors (Lipinski definition) is 3. The van der Waals surface area contributed by atoms with Crippen LogP contribution in [0.5, 0.6) is 0 Å². The van der Waals surface area contributed by atoms with E-state index < -0.39 is 0 Å². The lowest BCUT2D eigenvalue weighted by molar-refractivity contribution is 0.351. The Morgan fingerprint density at radius 2 is 2.18 bits per heavy atom. The summed E-state index contributed by atoms with van der Waals surface area (Å²) in [5.41, 5.74) is -0.369. The number of H-pyrrole nitrogens is 1. The van der Waals surface area contributed by atoms with Crippen LogP contribution in [0.2, 0.25) is 0 Å². The second-order valence-corrected chi connectivity index (χ2v) is 2.94. The van der Waals surface area contributed by atoms with Gasteiger partial charge in [-0.05, 0) is 12.8 Å². The van der Waals surface area contributed by atoms with Crippen LogP contribution in [0, 0.1) is 0 Å². The van der Waals surface area contributed by atoms with Crippen LogP contribution in [0.15, 0.2) is 9.32 Å². The molecule has 11 heavy (non-hydrogen) atoms. The van der Waals surface area contributed by atoms with Gasteiger partial charge in [-0.15, -0.1) is 0 Å². The Labute approximate surface area is 63.6 Å². The van der Waals surface area contributed by atoms with Crippen molar-refractivity contribution in [2.24, 2.45) is 0 Å². The third-order valence-electron chi connectivity index (χ3n) is 2.16. The number of nitrogens with one attached hydrogen (secondary N) is 1. The minimum atomic E-state index is -0.369. The normalized spacial score (nSPS) is 19.3. The number of aromatic nitrogens is 2. The molecule has 0 amide bonds. The Morgan fingerprint density at radius 1 is 1.45 bits per heavy atom. The Bertz CT molecular complexity index is 283. The molecular weight excluding hydrogens is 144 g/mol. The van der Waals surface area contributed by atoms with E-state index >= 15 is 0 Å². The molecule has 1 aromatic rings. The van der Waals surface area contributed by atoms with Crippen molar-refractivity contribution in [1.82, 2.24) is 10.1 Å². The molecule has 60 valence electrons. The highest BCUT2D eigenvalue weighted by molar-refractivity contribution is 4.91. The molecule has 1 fully saturated rings. The largest absolute Gasteiger partial charge is 0.377 e. The van der Waals surface area contributed by atoms with E-state index in [2.05, 4.69) is 10.1 Å². The summed E-state index contributed by atoms with van der Waals surface area (Å²) in [6.45, 7) is 0. The van der Waals surface area contributed by atoms with Gasteiger partial charge >= 0.3 is 5.69 Å². The van der Waals surface area contributed by atoms with Gasteiger partial charge in [-0.3, -0.25) is 0 Å². The predicted octanol–water partition coefficient (Wildman–Crippen LogP) is 1.02. The van der Waals surface area contributed by atoms with Gasteiger partial charge in [0.1, 0.15) is 0 Å². The Balaban J connectivity index is 2.21. The van der Waals surface area contributed by atoms with Crippen LogP contribution in [-0.2, 0) is 0 Å². The first-order valence-electron chi connectivity index (χ1n) is 3.91. The van der Waals surface area contributed by atoms with E-state index in [0.717, 1.165) is 12.8 Å². The van der Waals surface area contributed by atoms with E-state index in [1.54, 1.807) is 0 Å². The maximum absolute atomic E-state index is 10.6. The minimum Gasteiger partial charge on any atom is -0.362 e. The highest BCUT2D eigenvalue weighted by Crippen LogP contribution is 2.31. The van der Waals surface area contributed by atoms with Crippen molar-refractivity contribution < 1.29 is 4.52 Å². The van der Waals surface area contributed by atoms with E-state index in [0.29, 0.717) is 11.8 Å². The molecule has 4 heteroatoms. The number of rotatable bonds is 1. The lowest BCUT2D eigenvalue weighted by Gasteiger charge is -1.98. The molecule has 0 atom stereocenters. The fraction of sp³-hybridized carbons (Fsp3) is 0.714. The van der Waals surface area contributed by atoms with Crippen LogP contribution >= 0.6 is 0 Å². The second-order valence-electron chi connectivity index (χ2n) is 2.94. The lowest BCUT2D eigenvalue weighted by Crippen LogP contribution is -2.02. The quantitative estimate of drug-likeness (QED) is 0.657. The van der Waals surface area contributed by atoms with Crippen molar-refractivity contribution in [3.63, 3.8) is 0 Å². The SMILES string of the molecule is O=c1nc(C2CCCC2)o[nH]1. The molecule has 0 aromatic carbocycles. The zero-order valence-electron chi connectivity index (χ0n) is 6.17. The first-order valence-corrected chi connectivity index (χ1v) is 3.91. The molecular formula is C7H10N2O2. The van der Waals surface area contributed by atoms with Gasteiger partial charge in [-0.25, -0.2) is 4.79 Å². The van der Waals surface area contributed by atoms with Gasteiger partial charge in [0.05, 0.1) is 0 Å². The van der Waals surface area contributed by atoms with Crippen molar-refractivity contribution in [1.29, 1.82) is 0 Å². The standard InChI is InChI=1S/C7H10N2O2/c10-7-8-6(11-9-7)5-3-1-2-4-5/h5H,1-4H2,(H,9,10). The first kappa shape index (κ1) is 6.64. The van der Waals surface area contributed by atoms with Crippen molar-refractivity contribution in [3.8, 4) is 0 Å². The van der Waals surface area contributed by atoms with Gasteiger partial charge in [0.15, 0.2) is 0 Å². The topological polar surface area (TPSA) is 58.9 Å². The molecule has 4 nitrogen and oxygen atoms in total. The van der Waals surface area contributed by atoms with Crippen LogP contribution in [0.3, 0.4) is 0 Å². The smallest absolute Gasteiger partial charge is 0.362 e. The predicted molar refractivity (Wildman–Crippen MR) is 38.3 cm³/mol. The van der Waals surface area contributed by atoms with Crippen LogP contribution in [0.4, 0.5) is 0 Å². The minimum absolute atomic E-state index is 0.369. The van der Waals surface area contributed by atoms with Crippen molar-refractivity contribution in [2.75, 3.05) is 0 Å². The van der Waals surface area contributed by atoms with E-state index in [4.69, 9.17) is 4.52 Å². The maximum Gasteiger partial charge on any atom is 0.377 e. The monoisotopic (exact) mass is 154 g/mol. The summed E-state index contributed by atoms with van der Waals surface area (Å²) in [5.74, 6) is 0.974. The highest BCUT2D eigenvalue weighted by Gasteiger charge is 2.21. The maximum atomic E-state index is 10.6. The Kier molecular flexibility index (Phi) is 1.52. The highest BCUT2D eigenvalue weighted by atomic mass is 16.5. The summed E-state index contributed by atoms with van der Waals surface area (Å²) < 4.78 is 4.90. The van der Waals surface area contributed by atoms with Gasteiger partial charge in [0, 0.05) is 5.92 Å². The molecule has 0 saturated heterocycles. The molecule has 1 saturated carbocycles. The van der Waals surface area contributed by atoms with Crippen LogP contribution in [-0.4, -0.2) is 10.1 Å². The summed E-state index contributed by atoms with van der Waals surface area (Å²) in [5, 5.41) is 2.20. The van der Waals surface area contributed by atoms with Gasteiger partial charge < -0.3 is 4.52 Å². The molecule has 0 unspecified atom stereocenters. The van der Waals surface area contributed by atoms with E-state index in [1.807, 2.05) is 0 Å². The summed E-state index contributed by atoms with van der Waals surface area (Å²) in [6.07, 6.45) is 4.66. The van der Waals surface area contributed by atoms with E-state index in [1.165, 1.54) is 12.8 Å². The average molecular weight is 154 g/mol. The lowest BCUT2D eigenvalue weighted by atomic mass is 10.1. The number of hydrogen-bond donors (Lipinski definition) is 1. The fourth-order valence-corrected chi connectivity index (χ4v) is 1.59. The summed E-state index contributed by atoms with van der Waals surface area (Å²) in [7, 11) is 0. The molecule has 1 heterocycles. The second kappa shape index (κ2) is 2.53. The zero-order valence-corrected chi connectivity index (χ0v) is 6.17. The molecule has 1 aliphatic rings. The van der Waals surface area contributed by atoms with Crippen molar-refractivity contribution in [2.45, 2.75) is 31.6 Å². The van der Waals surface area contributed by atoms with Gasteiger partial charge in [-0.1, -0.05) is 12.8 Å². The van der Waals surface area contributed by atoms with Crippen molar-refractivity contribution in [3.05, 3.63) is 16.4 Å². The van der Waals surface area contributed by atoms with E-state index in [9.17, 15) is 4.79 Å². The van der Waals surface area contributed by atoms with Gasteiger partial charge in [0.25, 0.3) is 0 Å². The Morgan fingerprint density at radius 3 is 2.73 bits per heavy atom. The summed E-state index contributed by atoms with van der Waals surface area (Å²) in [6, 6.07) is 0. The summed E-state index contributed by atoms with van der Waals surface area (Å²) in [4.78, 5) is 14.3. The fourth-order valence-electron chi connectivity index (χ4n) is 1.59. The van der Waals surface area contributed by atoms with Crippen LogP contribution in [0.25, 0.3) is 0 Å². The first-order chi connectivity index (χ1) is 5.36. The molecule has 0 radical (unpaired) electrons. The third-order valence-corrected chi connectivity index (χ3v) is 2.16. The molecule has 1 aromatic heterocycles. The van der Waals surface area contributed by atoms with Crippen LogP contribution in [0.1, 0.15) is 37.5 Å². The number of aromatic amines is 1. The number of nitrogens with zero attached hydrogens (tertiary/aromatic N) is 1. The molecule has 1 aliphatic carbocycles.